The Balaban J connectivity index is 1.83. The molecule has 0 spiro atoms. The van der Waals surface area contributed by atoms with Crippen LogP contribution in [0.5, 0.6) is 0 Å². The standard InChI is InChI=1S/C13H21N3O4/c1-3-4-12-14-11(15-20-12)9-16-5-6-19-10(8-16)7-13(17)18-2/h10H,3-9H2,1-2H3. The number of hydrogen-bond donors (Lipinski definition) is 0. The van der Waals surface area contributed by atoms with E-state index in [2.05, 4.69) is 26.7 Å². The Bertz CT molecular complexity index is 435. The van der Waals surface area contributed by atoms with Crippen molar-refractivity contribution in [2.75, 3.05) is 26.8 Å². The van der Waals surface area contributed by atoms with Gasteiger partial charge in [-0.1, -0.05) is 12.1 Å². The van der Waals surface area contributed by atoms with Gasteiger partial charge < -0.3 is 14.0 Å². The third kappa shape index (κ3) is 4.28. The number of methoxy groups -OCH3 is 1. The monoisotopic (exact) mass is 283 g/mol. The van der Waals surface area contributed by atoms with Crippen molar-refractivity contribution in [1.82, 2.24) is 15.0 Å². The van der Waals surface area contributed by atoms with Crippen molar-refractivity contribution in [1.29, 1.82) is 0 Å². The van der Waals surface area contributed by atoms with Gasteiger partial charge in [-0.05, 0) is 6.42 Å². The molecule has 1 aliphatic heterocycles. The van der Waals surface area contributed by atoms with Gasteiger partial charge in [-0.3, -0.25) is 9.69 Å². The highest BCUT2D eigenvalue weighted by molar-refractivity contribution is 5.69. The first-order valence-electron chi connectivity index (χ1n) is 6.93. The minimum Gasteiger partial charge on any atom is -0.469 e. The first-order valence-corrected chi connectivity index (χ1v) is 6.93. The summed E-state index contributed by atoms with van der Waals surface area (Å²) in [6.45, 7) is 4.76. The number of rotatable bonds is 6. The maximum atomic E-state index is 11.3. The lowest BCUT2D eigenvalue weighted by Gasteiger charge is -2.31. The SMILES string of the molecule is CCCc1nc(CN2CCOC(CC(=O)OC)C2)no1. The molecule has 1 fully saturated rings. The van der Waals surface area contributed by atoms with Gasteiger partial charge in [0, 0.05) is 19.5 Å². The van der Waals surface area contributed by atoms with E-state index >= 15 is 0 Å². The molecule has 0 bridgehead atoms. The Morgan fingerprint density at radius 3 is 3.15 bits per heavy atom. The molecular formula is C13H21N3O4. The van der Waals surface area contributed by atoms with Gasteiger partial charge in [0.25, 0.3) is 0 Å². The van der Waals surface area contributed by atoms with E-state index in [0.29, 0.717) is 31.4 Å². The lowest BCUT2D eigenvalue weighted by molar-refractivity contribution is -0.145. The number of aryl methyl sites for hydroxylation is 1. The zero-order chi connectivity index (χ0) is 14.4. The summed E-state index contributed by atoms with van der Waals surface area (Å²) >= 11 is 0. The van der Waals surface area contributed by atoms with Crippen molar-refractivity contribution < 1.29 is 18.8 Å². The molecule has 0 aromatic carbocycles. The molecule has 1 unspecified atom stereocenters. The van der Waals surface area contributed by atoms with Gasteiger partial charge in [-0.2, -0.15) is 4.98 Å². The van der Waals surface area contributed by atoms with Crippen LogP contribution in [0.15, 0.2) is 4.52 Å². The average molecular weight is 283 g/mol. The summed E-state index contributed by atoms with van der Waals surface area (Å²) in [5, 5.41) is 3.97. The molecule has 0 amide bonds. The zero-order valence-electron chi connectivity index (χ0n) is 12.0. The Hall–Kier alpha value is -1.47. The predicted octanol–water partition coefficient (Wildman–Crippen LogP) is 0.786. The zero-order valence-corrected chi connectivity index (χ0v) is 12.0. The third-order valence-corrected chi connectivity index (χ3v) is 3.18. The summed E-state index contributed by atoms with van der Waals surface area (Å²) in [6, 6.07) is 0. The van der Waals surface area contributed by atoms with Crippen LogP contribution < -0.4 is 0 Å². The predicted molar refractivity (Wildman–Crippen MR) is 69.9 cm³/mol. The molecule has 0 N–H and O–H groups in total. The van der Waals surface area contributed by atoms with Crippen molar-refractivity contribution >= 4 is 5.97 Å². The van der Waals surface area contributed by atoms with Crippen molar-refractivity contribution in [3.05, 3.63) is 11.7 Å². The number of ether oxygens (including phenoxy) is 2. The Labute approximate surface area is 118 Å². The summed E-state index contributed by atoms with van der Waals surface area (Å²) in [5.74, 6) is 1.12. The van der Waals surface area contributed by atoms with E-state index in [1.807, 2.05) is 0 Å². The molecule has 7 nitrogen and oxygen atoms in total. The summed E-state index contributed by atoms with van der Waals surface area (Å²) < 4.78 is 15.4. The van der Waals surface area contributed by atoms with Gasteiger partial charge >= 0.3 is 5.97 Å². The molecule has 2 heterocycles. The van der Waals surface area contributed by atoms with Gasteiger partial charge in [0.05, 0.1) is 32.8 Å². The van der Waals surface area contributed by atoms with Crippen molar-refractivity contribution in [3.63, 3.8) is 0 Å². The largest absolute Gasteiger partial charge is 0.469 e. The van der Waals surface area contributed by atoms with E-state index < -0.39 is 0 Å². The normalized spacial score (nSPS) is 20.0. The molecule has 1 aromatic rings. The molecule has 20 heavy (non-hydrogen) atoms. The van der Waals surface area contributed by atoms with Crippen LogP contribution in [0.1, 0.15) is 31.5 Å². The van der Waals surface area contributed by atoms with Crippen molar-refractivity contribution in [3.8, 4) is 0 Å². The van der Waals surface area contributed by atoms with E-state index in [-0.39, 0.29) is 18.5 Å². The number of nitrogens with zero attached hydrogens (tertiary/aromatic N) is 3. The minimum absolute atomic E-state index is 0.127. The van der Waals surface area contributed by atoms with Gasteiger partial charge in [-0.15, -0.1) is 0 Å². The highest BCUT2D eigenvalue weighted by Gasteiger charge is 2.24. The van der Waals surface area contributed by atoms with Crippen LogP contribution in [0.25, 0.3) is 0 Å². The van der Waals surface area contributed by atoms with Gasteiger partial charge in [0.15, 0.2) is 5.82 Å². The molecule has 112 valence electrons. The first kappa shape index (κ1) is 14.9. The van der Waals surface area contributed by atoms with Gasteiger partial charge in [0.1, 0.15) is 0 Å². The summed E-state index contributed by atoms with van der Waals surface area (Å²) in [7, 11) is 1.39. The van der Waals surface area contributed by atoms with E-state index in [1.165, 1.54) is 7.11 Å². The van der Waals surface area contributed by atoms with E-state index in [9.17, 15) is 4.79 Å². The number of morpholine rings is 1. The lowest BCUT2D eigenvalue weighted by Crippen LogP contribution is -2.43. The van der Waals surface area contributed by atoms with E-state index in [4.69, 9.17) is 9.26 Å². The third-order valence-electron chi connectivity index (χ3n) is 3.18. The summed E-state index contributed by atoms with van der Waals surface area (Å²) in [6.07, 6.45) is 1.94. The Morgan fingerprint density at radius 1 is 1.55 bits per heavy atom. The maximum Gasteiger partial charge on any atom is 0.308 e. The Morgan fingerprint density at radius 2 is 2.40 bits per heavy atom. The second-order valence-corrected chi connectivity index (χ2v) is 4.86. The first-order chi connectivity index (χ1) is 9.71. The van der Waals surface area contributed by atoms with Crippen LogP contribution in [0.2, 0.25) is 0 Å². The second kappa shape index (κ2) is 7.35. The van der Waals surface area contributed by atoms with Crippen molar-refractivity contribution in [2.24, 2.45) is 0 Å². The number of esters is 1. The molecule has 0 saturated carbocycles. The molecule has 0 radical (unpaired) electrons. The van der Waals surface area contributed by atoms with Gasteiger partial charge in [-0.25, -0.2) is 0 Å². The second-order valence-electron chi connectivity index (χ2n) is 4.86. The van der Waals surface area contributed by atoms with E-state index in [0.717, 1.165) is 19.4 Å². The lowest BCUT2D eigenvalue weighted by atomic mass is 10.2. The maximum absolute atomic E-state index is 11.3. The Kier molecular flexibility index (Phi) is 5.49. The fourth-order valence-electron chi connectivity index (χ4n) is 2.19. The highest BCUT2D eigenvalue weighted by atomic mass is 16.5. The van der Waals surface area contributed by atoms with Crippen LogP contribution in [0.3, 0.4) is 0 Å². The quantitative estimate of drug-likeness (QED) is 0.714. The molecule has 1 aliphatic rings. The van der Waals surface area contributed by atoms with Crippen LogP contribution in [-0.2, 0) is 27.2 Å². The van der Waals surface area contributed by atoms with E-state index in [1.54, 1.807) is 0 Å². The molecule has 1 saturated heterocycles. The fraction of sp³-hybridized carbons (Fsp3) is 0.769. The smallest absolute Gasteiger partial charge is 0.308 e. The summed E-state index contributed by atoms with van der Waals surface area (Å²) in [4.78, 5) is 17.8. The topological polar surface area (TPSA) is 77.7 Å². The minimum atomic E-state index is -0.248. The fourth-order valence-corrected chi connectivity index (χ4v) is 2.19. The molecule has 0 aliphatic carbocycles. The highest BCUT2D eigenvalue weighted by Crippen LogP contribution is 2.12. The molecule has 1 aromatic heterocycles. The number of carbonyl (C=O) groups excluding carboxylic acids is 1. The van der Waals surface area contributed by atoms with Crippen LogP contribution in [0, 0.1) is 0 Å². The van der Waals surface area contributed by atoms with Crippen molar-refractivity contribution in [2.45, 2.75) is 38.8 Å². The molecular weight excluding hydrogens is 262 g/mol. The molecule has 7 heteroatoms. The van der Waals surface area contributed by atoms with Crippen LogP contribution in [0.4, 0.5) is 0 Å². The number of aromatic nitrogens is 2. The number of hydrogen-bond acceptors (Lipinski definition) is 7. The molecule has 2 rings (SSSR count). The number of carbonyl (C=O) groups is 1. The average Bonchev–Trinajstić information content (AvgIpc) is 2.87. The van der Waals surface area contributed by atoms with Crippen LogP contribution in [-0.4, -0.2) is 53.9 Å². The summed E-state index contributed by atoms with van der Waals surface area (Å²) in [5.41, 5.74) is 0. The van der Waals surface area contributed by atoms with Crippen LogP contribution >= 0.6 is 0 Å². The molecule has 1 atom stereocenters. The van der Waals surface area contributed by atoms with Gasteiger partial charge in [0.2, 0.25) is 5.89 Å².